The van der Waals surface area contributed by atoms with Gasteiger partial charge in [0.25, 0.3) is 0 Å². The Balaban J connectivity index is 1.60. The topological polar surface area (TPSA) is 85.7 Å². The average Bonchev–Trinajstić information content (AvgIpc) is 3.27. The number of benzene rings is 3. The van der Waals surface area contributed by atoms with Crippen LogP contribution in [0.1, 0.15) is 32.9 Å². The fraction of sp³-hybridized carbons (Fsp3) is 0.115. The molecule has 0 bridgehead atoms. The zero-order chi connectivity index (χ0) is 23.2. The number of rotatable bonds is 8. The predicted octanol–water partition coefficient (Wildman–Crippen LogP) is 5.68. The van der Waals surface area contributed by atoms with Gasteiger partial charge in [-0.3, -0.25) is 4.79 Å². The number of methoxy groups -OCH3 is 1. The van der Waals surface area contributed by atoms with E-state index in [9.17, 15) is 14.7 Å². The summed E-state index contributed by atoms with van der Waals surface area (Å²) in [5, 5.41) is 10.1. The van der Waals surface area contributed by atoms with E-state index in [1.54, 1.807) is 12.1 Å². The molecule has 0 spiro atoms. The van der Waals surface area contributed by atoms with Crippen LogP contribution in [0.25, 0.3) is 21.9 Å². The van der Waals surface area contributed by atoms with Crippen molar-refractivity contribution in [2.45, 2.75) is 13.0 Å². The van der Waals surface area contributed by atoms with Gasteiger partial charge in [-0.25, -0.2) is 9.78 Å². The van der Waals surface area contributed by atoms with Crippen LogP contribution in [0.5, 0.6) is 5.75 Å². The molecular formula is C26H21NO5S. The quantitative estimate of drug-likeness (QED) is 0.341. The fourth-order valence-corrected chi connectivity index (χ4v) is 4.28. The van der Waals surface area contributed by atoms with E-state index in [4.69, 9.17) is 9.47 Å². The summed E-state index contributed by atoms with van der Waals surface area (Å²) in [6.07, 6.45) is 1.67. The number of esters is 1. The third-order valence-electron chi connectivity index (χ3n) is 4.93. The number of nitrogens with zero attached hydrogens (tertiary/aromatic N) is 1. The molecule has 0 saturated carbocycles. The number of aromatic nitrogens is 1. The van der Waals surface area contributed by atoms with Gasteiger partial charge in [-0.05, 0) is 47.5 Å². The number of fused-ring (bicyclic) bond motifs is 1. The first-order valence-corrected chi connectivity index (χ1v) is 11.0. The zero-order valence-corrected chi connectivity index (χ0v) is 18.7. The molecule has 0 aliphatic rings. The molecule has 3 aromatic carbocycles. The Kier molecular flexibility index (Phi) is 6.80. The van der Waals surface area contributed by atoms with E-state index in [1.165, 1.54) is 18.4 Å². The second kappa shape index (κ2) is 10.1. The van der Waals surface area contributed by atoms with Gasteiger partial charge in [0, 0.05) is 5.56 Å². The SMILES string of the molecule is COC(=O)c1ccc(COc2ccccc2/C=C(\CC(=O)O)c2nc3ccccc3s2)cc1. The normalized spacial score (nSPS) is 11.4. The van der Waals surface area contributed by atoms with E-state index in [0.717, 1.165) is 21.3 Å². The molecule has 0 aliphatic heterocycles. The molecular weight excluding hydrogens is 438 g/mol. The summed E-state index contributed by atoms with van der Waals surface area (Å²) < 4.78 is 11.7. The molecule has 33 heavy (non-hydrogen) atoms. The van der Waals surface area contributed by atoms with Crippen molar-refractivity contribution in [1.29, 1.82) is 0 Å². The molecule has 166 valence electrons. The van der Waals surface area contributed by atoms with Crippen molar-refractivity contribution in [1.82, 2.24) is 4.98 Å². The standard InChI is InChI=1S/C26H21NO5S/c1-31-26(30)18-12-10-17(11-13-18)16-32-22-8-4-2-6-19(22)14-20(15-24(28)29)25-27-21-7-3-5-9-23(21)33-25/h2-14H,15-16H2,1H3,(H,28,29)/b20-14+. The molecule has 0 saturated heterocycles. The van der Waals surface area contributed by atoms with E-state index in [-0.39, 0.29) is 6.42 Å². The first-order chi connectivity index (χ1) is 16.0. The van der Waals surface area contributed by atoms with Gasteiger partial charge in [0.1, 0.15) is 17.4 Å². The highest BCUT2D eigenvalue weighted by Crippen LogP contribution is 2.32. The minimum absolute atomic E-state index is 0.150. The highest BCUT2D eigenvalue weighted by Gasteiger charge is 2.14. The molecule has 1 heterocycles. The Morgan fingerprint density at radius 2 is 1.73 bits per heavy atom. The third kappa shape index (κ3) is 5.45. The Bertz CT molecular complexity index is 1290. The first kappa shape index (κ1) is 22.2. The van der Waals surface area contributed by atoms with Crippen molar-refractivity contribution < 1.29 is 24.2 Å². The minimum atomic E-state index is -0.926. The lowest BCUT2D eigenvalue weighted by Crippen LogP contribution is -2.02. The molecule has 0 amide bonds. The maximum absolute atomic E-state index is 11.6. The molecule has 4 aromatic rings. The van der Waals surface area contributed by atoms with Crippen LogP contribution in [0.4, 0.5) is 0 Å². The molecule has 0 radical (unpaired) electrons. The summed E-state index contributed by atoms with van der Waals surface area (Å²) in [7, 11) is 1.34. The van der Waals surface area contributed by atoms with E-state index in [1.807, 2.05) is 66.7 Å². The number of hydrogen-bond acceptors (Lipinski definition) is 6. The highest BCUT2D eigenvalue weighted by molar-refractivity contribution is 7.19. The summed E-state index contributed by atoms with van der Waals surface area (Å²) in [5.41, 5.74) is 3.58. The van der Waals surface area contributed by atoms with Crippen LogP contribution >= 0.6 is 11.3 Å². The predicted molar refractivity (Wildman–Crippen MR) is 128 cm³/mol. The van der Waals surface area contributed by atoms with Crippen molar-refractivity contribution in [2.24, 2.45) is 0 Å². The van der Waals surface area contributed by atoms with Gasteiger partial charge in [-0.1, -0.05) is 42.5 Å². The van der Waals surface area contributed by atoms with Gasteiger partial charge in [0.05, 0.1) is 29.3 Å². The van der Waals surface area contributed by atoms with E-state index in [2.05, 4.69) is 4.98 Å². The summed E-state index contributed by atoms with van der Waals surface area (Å²) >= 11 is 1.47. The molecule has 0 atom stereocenters. The molecule has 0 aliphatic carbocycles. The van der Waals surface area contributed by atoms with Gasteiger partial charge >= 0.3 is 11.9 Å². The second-order valence-electron chi connectivity index (χ2n) is 7.24. The summed E-state index contributed by atoms with van der Waals surface area (Å²) in [4.78, 5) is 27.8. The smallest absolute Gasteiger partial charge is 0.337 e. The van der Waals surface area contributed by atoms with Crippen LogP contribution in [-0.4, -0.2) is 29.1 Å². The highest BCUT2D eigenvalue weighted by atomic mass is 32.1. The van der Waals surface area contributed by atoms with E-state index in [0.29, 0.717) is 28.5 Å². The fourth-order valence-electron chi connectivity index (χ4n) is 3.30. The Hall–Kier alpha value is -3.97. The van der Waals surface area contributed by atoms with Gasteiger partial charge in [-0.15, -0.1) is 11.3 Å². The number of para-hydroxylation sites is 2. The number of ether oxygens (including phenoxy) is 2. The molecule has 1 aromatic heterocycles. The summed E-state index contributed by atoms with van der Waals surface area (Å²) in [5.74, 6) is -0.693. The zero-order valence-electron chi connectivity index (χ0n) is 17.9. The van der Waals surface area contributed by atoms with Crippen molar-refractivity contribution >= 4 is 45.1 Å². The van der Waals surface area contributed by atoms with Crippen LogP contribution in [0.2, 0.25) is 0 Å². The average molecular weight is 460 g/mol. The lowest BCUT2D eigenvalue weighted by Gasteiger charge is -2.11. The number of carbonyl (C=O) groups is 2. The van der Waals surface area contributed by atoms with E-state index < -0.39 is 11.9 Å². The molecule has 4 rings (SSSR count). The van der Waals surface area contributed by atoms with Crippen molar-refractivity contribution in [3.63, 3.8) is 0 Å². The van der Waals surface area contributed by atoms with Gasteiger partial charge < -0.3 is 14.6 Å². The van der Waals surface area contributed by atoms with Crippen LogP contribution in [0.15, 0.2) is 72.8 Å². The number of hydrogen-bond donors (Lipinski definition) is 1. The number of thiazole rings is 1. The Morgan fingerprint density at radius 1 is 1.00 bits per heavy atom. The maximum atomic E-state index is 11.6. The van der Waals surface area contributed by atoms with E-state index >= 15 is 0 Å². The van der Waals surface area contributed by atoms with Crippen LogP contribution in [0, 0.1) is 0 Å². The second-order valence-corrected chi connectivity index (χ2v) is 8.27. The molecule has 6 nitrogen and oxygen atoms in total. The van der Waals surface area contributed by atoms with Crippen molar-refractivity contribution in [3.05, 3.63) is 94.5 Å². The van der Waals surface area contributed by atoms with Crippen LogP contribution in [0.3, 0.4) is 0 Å². The van der Waals surface area contributed by atoms with Crippen LogP contribution < -0.4 is 4.74 Å². The molecule has 7 heteroatoms. The lowest BCUT2D eigenvalue weighted by molar-refractivity contribution is -0.135. The molecule has 0 unspecified atom stereocenters. The number of carboxylic acids is 1. The molecule has 0 fully saturated rings. The number of carbonyl (C=O) groups excluding carboxylic acids is 1. The number of carboxylic acid groups (broad SMARTS) is 1. The first-order valence-electron chi connectivity index (χ1n) is 10.2. The maximum Gasteiger partial charge on any atom is 0.337 e. The Labute approximate surface area is 194 Å². The van der Waals surface area contributed by atoms with Crippen molar-refractivity contribution in [3.8, 4) is 5.75 Å². The molecule has 1 N–H and O–H groups in total. The van der Waals surface area contributed by atoms with Gasteiger partial charge in [0.15, 0.2) is 0 Å². The number of aliphatic carboxylic acids is 1. The van der Waals surface area contributed by atoms with Gasteiger partial charge in [-0.2, -0.15) is 0 Å². The minimum Gasteiger partial charge on any atom is -0.488 e. The monoisotopic (exact) mass is 459 g/mol. The largest absolute Gasteiger partial charge is 0.488 e. The van der Waals surface area contributed by atoms with Gasteiger partial charge in [0.2, 0.25) is 0 Å². The summed E-state index contributed by atoms with van der Waals surface area (Å²) in [6, 6.07) is 22.2. The van der Waals surface area contributed by atoms with Crippen LogP contribution in [-0.2, 0) is 16.1 Å². The summed E-state index contributed by atoms with van der Waals surface area (Å²) in [6.45, 7) is 0.293. The third-order valence-corrected chi connectivity index (χ3v) is 6.04. The lowest BCUT2D eigenvalue weighted by atomic mass is 10.1. The van der Waals surface area contributed by atoms with Crippen molar-refractivity contribution in [2.75, 3.05) is 7.11 Å². The Morgan fingerprint density at radius 3 is 2.45 bits per heavy atom.